The quantitative estimate of drug-likeness (QED) is 0.314. The van der Waals surface area contributed by atoms with E-state index in [1.54, 1.807) is 0 Å². The van der Waals surface area contributed by atoms with Crippen molar-refractivity contribution in [1.82, 2.24) is 0 Å². The van der Waals surface area contributed by atoms with Crippen molar-refractivity contribution in [3.63, 3.8) is 0 Å². The second-order valence-corrected chi connectivity index (χ2v) is 5.33. The van der Waals surface area contributed by atoms with Crippen LogP contribution in [0.5, 0.6) is 0 Å². The van der Waals surface area contributed by atoms with E-state index < -0.39 is 7.25 Å². The third-order valence-corrected chi connectivity index (χ3v) is 3.69. The van der Waals surface area contributed by atoms with E-state index in [-0.39, 0.29) is 0 Å². The maximum atomic E-state index is 9.75. The monoisotopic (exact) mass is 307 g/mol. The van der Waals surface area contributed by atoms with Gasteiger partial charge in [-0.05, 0) is 12.5 Å². The molecule has 0 aliphatic carbocycles. The van der Waals surface area contributed by atoms with E-state index in [0.717, 1.165) is 0 Å². The van der Waals surface area contributed by atoms with E-state index in [0.29, 0.717) is 0 Å². The lowest BCUT2D eigenvalue weighted by Gasteiger charge is -1.95. The molecule has 0 bridgehead atoms. The smallest absolute Gasteiger partial charge is 0.418 e. The lowest BCUT2D eigenvalue weighted by Crippen LogP contribution is -2.31. The van der Waals surface area contributed by atoms with Gasteiger partial charge in [-0.1, -0.05) is 43.2 Å². The number of thiazole rings is 1. The third-order valence-electron chi connectivity index (χ3n) is 2.73. The van der Waals surface area contributed by atoms with Crippen LogP contribution in [0.25, 0.3) is 10.2 Å². The maximum absolute atomic E-state index is 9.75. The van der Waals surface area contributed by atoms with Gasteiger partial charge in [-0.25, -0.2) is 0 Å². The SMILES string of the molecule is CCCCCC[n+]1csc2ccccc21.F[B-](F)(F)F. The van der Waals surface area contributed by atoms with Crippen molar-refractivity contribution >= 4 is 28.8 Å². The second kappa shape index (κ2) is 8.24. The fraction of sp³-hybridized carbons (Fsp3) is 0.462. The Bertz CT molecular complexity index is 506. The molecule has 1 aromatic carbocycles. The number of para-hydroxylation sites is 1. The molecule has 1 aromatic heterocycles. The summed E-state index contributed by atoms with van der Waals surface area (Å²) in [6, 6.07) is 8.64. The highest BCUT2D eigenvalue weighted by Gasteiger charge is 2.20. The Morgan fingerprint density at radius 2 is 1.70 bits per heavy atom. The molecule has 0 unspecified atom stereocenters. The summed E-state index contributed by atoms with van der Waals surface area (Å²) >= 11 is 1.84. The van der Waals surface area contributed by atoms with Gasteiger partial charge >= 0.3 is 7.25 Å². The summed E-state index contributed by atoms with van der Waals surface area (Å²) < 4.78 is 42.8. The first kappa shape index (κ1) is 16.9. The van der Waals surface area contributed by atoms with Crippen molar-refractivity contribution in [2.75, 3.05) is 0 Å². The van der Waals surface area contributed by atoms with Crippen LogP contribution in [0.2, 0.25) is 0 Å². The van der Waals surface area contributed by atoms with Gasteiger partial charge in [0.2, 0.25) is 11.0 Å². The molecule has 0 amide bonds. The standard InChI is InChI=1S/C13H18NS.BF4/c1-2-3-4-7-10-14-11-15-13-9-6-5-8-12(13)14;2-1(3,4)5/h5-6,8-9,11H,2-4,7,10H2,1H3;/q+1;-1. The molecule has 0 radical (unpaired) electrons. The summed E-state index contributed by atoms with van der Waals surface area (Å²) in [6.07, 6.45) is 5.34. The first-order chi connectivity index (χ1) is 9.42. The predicted molar refractivity (Wildman–Crippen MR) is 76.3 cm³/mol. The van der Waals surface area contributed by atoms with Crippen LogP contribution in [-0.2, 0) is 6.54 Å². The van der Waals surface area contributed by atoms with Crippen LogP contribution in [0.15, 0.2) is 29.8 Å². The number of benzene rings is 1. The highest BCUT2D eigenvalue weighted by atomic mass is 32.1. The minimum Gasteiger partial charge on any atom is -0.418 e. The molecule has 0 fully saturated rings. The van der Waals surface area contributed by atoms with Gasteiger partial charge < -0.3 is 17.3 Å². The molecular formula is C13H18BF4NS. The fourth-order valence-corrected chi connectivity index (χ4v) is 2.78. The van der Waals surface area contributed by atoms with Gasteiger partial charge in [-0.3, -0.25) is 0 Å². The second-order valence-electron chi connectivity index (χ2n) is 4.44. The molecule has 0 saturated heterocycles. The van der Waals surface area contributed by atoms with Crippen LogP contribution in [0, 0.1) is 0 Å². The molecule has 20 heavy (non-hydrogen) atoms. The lowest BCUT2D eigenvalue weighted by molar-refractivity contribution is -0.667. The minimum absolute atomic E-state index is 1.17. The van der Waals surface area contributed by atoms with Gasteiger partial charge in [0.15, 0.2) is 0 Å². The molecule has 2 rings (SSSR count). The average Bonchev–Trinajstić information content (AvgIpc) is 2.76. The van der Waals surface area contributed by atoms with Crippen molar-refractivity contribution in [2.45, 2.75) is 39.2 Å². The van der Waals surface area contributed by atoms with E-state index in [9.17, 15) is 17.3 Å². The minimum atomic E-state index is -6.00. The van der Waals surface area contributed by atoms with Gasteiger partial charge in [0.25, 0.3) is 0 Å². The first-order valence-electron chi connectivity index (χ1n) is 6.65. The number of nitrogens with zero attached hydrogens (tertiary/aromatic N) is 1. The number of halogens is 4. The number of hydrogen-bond donors (Lipinski definition) is 0. The molecule has 0 atom stereocenters. The summed E-state index contributed by atoms with van der Waals surface area (Å²) in [6.45, 7) is 3.43. The van der Waals surface area contributed by atoms with Crippen molar-refractivity contribution in [2.24, 2.45) is 0 Å². The number of aromatic nitrogens is 1. The van der Waals surface area contributed by atoms with E-state index in [2.05, 4.69) is 41.3 Å². The molecule has 0 aliphatic heterocycles. The van der Waals surface area contributed by atoms with Crippen LogP contribution in [0.3, 0.4) is 0 Å². The van der Waals surface area contributed by atoms with E-state index in [4.69, 9.17) is 0 Å². The molecule has 0 N–H and O–H groups in total. The summed E-state index contributed by atoms with van der Waals surface area (Å²) in [7, 11) is -6.00. The van der Waals surface area contributed by atoms with Gasteiger partial charge in [-0.2, -0.15) is 4.57 Å². The Hall–Kier alpha value is -1.11. The van der Waals surface area contributed by atoms with Crippen LogP contribution in [-0.4, -0.2) is 7.25 Å². The van der Waals surface area contributed by atoms with Crippen LogP contribution >= 0.6 is 11.3 Å². The fourth-order valence-electron chi connectivity index (χ4n) is 1.85. The largest absolute Gasteiger partial charge is 0.673 e. The maximum Gasteiger partial charge on any atom is 0.673 e. The summed E-state index contributed by atoms with van der Waals surface area (Å²) in [4.78, 5) is 0. The van der Waals surface area contributed by atoms with Gasteiger partial charge in [0.05, 0.1) is 0 Å². The van der Waals surface area contributed by atoms with Crippen molar-refractivity contribution < 1.29 is 21.8 Å². The van der Waals surface area contributed by atoms with Crippen molar-refractivity contribution in [3.05, 3.63) is 29.8 Å². The summed E-state index contributed by atoms with van der Waals surface area (Å²) in [5.41, 5.74) is 3.63. The molecule has 1 nitrogen and oxygen atoms in total. The van der Waals surface area contributed by atoms with E-state index in [1.807, 2.05) is 11.3 Å². The Morgan fingerprint density at radius 3 is 2.35 bits per heavy atom. The Morgan fingerprint density at radius 1 is 1.05 bits per heavy atom. The number of hydrogen-bond acceptors (Lipinski definition) is 1. The number of fused-ring (bicyclic) bond motifs is 1. The lowest BCUT2D eigenvalue weighted by atomic mass is 10.2. The molecule has 2 aromatic rings. The molecule has 1 heterocycles. The number of unbranched alkanes of at least 4 members (excludes halogenated alkanes) is 3. The zero-order chi connectivity index (χ0) is 15.0. The highest BCUT2D eigenvalue weighted by Crippen LogP contribution is 2.15. The van der Waals surface area contributed by atoms with Crippen molar-refractivity contribution in [3.8, 4) is 0 Å². The highest BCUT2D eigenvalue weighted by molar-refractivity contribution is 7.16. The van der Waals surface area contributed by atoms with Gasteiger partial charge in [0.1, 0.15) is 11.2 Å². The molecule has 0 spiro atoms. The Kier molecular flexibility index (Phi) is 6.98. The first-order valence-corrected chi connectivity index (χ1v) is 7.52. The Balaban J connectivity index is 0.000000347. The van der Waals surface area contributed by atoms with Crippen molar-refractivity contribution in [1.29, 1.82) is 0 Å². The average molecular weight is 307 g/mol. The van der Waals surface area contributed by atoms with Crippen LogP contribution in [0.4, 0.5) is 17.3 Å². The molecule has 0 saturated carbocycles. The molecule has 112 valence electrons. The molecular weight excluding hydrogens is 289 g/mol. The van der Waals surface area contributed by atoms with Gasteiger partial charge in [-0.15, -0.1) is 0 Å². The number of aryl methyl sites for hydroxylation is 1. The zero-order valence-corrected chi connectivity index (χ0v) is 12.2. The topological polar surface area (TPSA) is 3.88 Å². The number of rotatable bonds is 5. The predicted octanol–water partition coefficient (Wildman–Crippen LogP) is 5.07. The summed E-state index contributed by atoms with van der Waals surface area (Å²) in [5, 5.41) is 0. The van der Waals surface area contributed by atoms with Crippen LogP contribution in [0.1, 0.15) is 32.6 Å². The Labute approximate surface area is 120 Å². The van der Waals surface area contributed by atoms with E-state index in [1.165, 1.54) is 42.4 Å². The normalized spacial score (nSPS) is 11.2. The van der Waals surface area contributed by atoms with Crippen LogP contribution < -0.4 is 4.57 Å². The molecule has 7 heteroatoms. The van der Waals surface area contributed by atoms with Gasteiger partial charge in [0, 0.05) is 12.5 Å². The summed E-state index contributed by atoms with van der Waals surface area (Å²) in [5.74, 6) is 0. The zero-order valence-electron chi connectivity index (χ0n) is 11.4. The van der Waals surface area contributed by atoms with E-state index >= 15 is 0 Å². The third kappa shape index (κ3) is 6.89. The molecule has 0 aliphatic rings.